The zero-order valence-corrected chi connectivity index (χ0v) is 17.3. The van der Waals surface area contributed by atoms with Gasteiger partial charge in [-0.2, -0.15) is 0 Å². The number of hydrogen-bond acceptors (Lipinski definition) is 4. The Kier molecular flexibility index (Phi) is 4.55. The van der Waals surface area contributed by atoms with Gasteiger partial charge in [0, 0.05) is 22.6 Å². The minimum Gasteiger partial charge on any atom is -0.452 e. The summed E-state index contributed by atoms with van der Waals surface area (Å²) < 4.78 is 11.8. The number of ketones is 1. The van der Waals surface area contributed by atoms with E-state index in [-0.39, 0.29) is 11.5 Å². The molecule has 5 rings (SSSR count). The lowest BCUT2D eigenvalue weighted by atomic mass is 9.96. The van der Waals surface area contributed by atoms with Gasteiger partial charge in [0.1, 0.15) is 11.2 Å². The SMILES string of the molecule is CCc1cc2c(-c3ccccc3)cc(=O)oc2c2c(C)c(C(=O)c3ccccc3)oc12. The molecule has 3 aromatic carbocycles. The summed E-state index contributed by atoms with van der Waals surface area (Å²) in [6.45, 7) is 3.88. The number of carbonyl (C=O) groups is 1. The van der Waals surface area contributed by atoms with Crippen LogP contribution in [0.25, 0.3) is 33.1 Å². The van der Waals surface area contributed by atoms with E-state index in [4.69, 9.17) is 8.83 Å². The maximum atomic E-state index is 13.1. The zero-order valence-electron chi connectivity index (χ0n) is 17.3. The average Bonchev–Trinajstić information content (AvgIpc) is 3.16. The first-order valence-electron chi connectivity index (χ1n) is 10.3. The van der Waals surface area contributed by atoms with Crippen LogP contribution in [0, 0.1) is 6.92 Å². The smallest absolute Gasteiger partial charge is 0.336 e. The number of benzene rings is 3. The molecule has 2 heterocycles. The van der Waals surface area contributed by atoms with Crippen LogP contribution in [0.1, 0.15) is 34.2 Å². The van der Waals surface area contributed by atoms with Crippen LogP contribution >= 0.6 is 0 Å². The largest absolute Gasteiger partial charge is 0.452 e. The lowest BCUT2D eigenvalue weighted by molar-refractivity contribution is 0.101. The van der Waals surface area contributed by atoms with Gasteiger partial charge in [-0.3, -0.25) is 4.79 Å². The van der Waals surface area contributed by atoms with E-state index in [1.165, 1.54) is 6.07 Å². The molecule has 0 unspecified atom stereocenters. The second kappa shape index (κ2) is 7.40. The van der Waals surface area contributed by atoms with Crippen LogP contribution < -0.4 is 5.63 Å². The molecule has 5 aromatic rings. The van der Waals surface area contributed by atoms with Crippen molar-refractivity contribution in [2.75, 3.05) is 0 Å². The van der Waals surface area contributed by atoms with Crippen LogP contribution in [0.4, 0.5) is 0 Å². The second-order valence-electron chi connectivity index (χ2n) is 7.57. The van der Waals surface area contributed by atoms with Gasteiger partial charge in [-0.05, 0) is 36.1 Å². The highest BCUT2D eigenvalue weighted by Gasteiger charge is 2.24. The molecule has 0 saturated carbocycles. The second-order valence-corrected chi connectivity index (χ2v) is 7.57. The molecule has 0 fully saturated rings. The van der Waals surface area contributed by atoms with E-state index in [0.29, 0.717) is 34.1 Å². The fourth-order valence-corrected chi connectivity index (χ4v) is 4.14. The molecule has 0 spiro atoms. The van der Waals surface area contributed by atoms with Gasteiger partial charge in [0.15, 0.2) is 5.76 Å². The summed E-state index contributed by atoms with van der Waals surface area (Å²) in [5.74, 6) is 0.0854. The molecule has 31 heavy (non-hydrogen) atoms. The van der Waals surface area contributed by atoms with Crippen molar-refractivity contribution in [3.05, 3.63) is 106 Å². The fourth-order valence-electron chi connectivity index (χ4n) is 4.14. The molecule has 0 saturated heterocycles. The molecular formula is C27H20O4. The number of furan rings is 1. The third kappa shape index (κ3) is 3.08. The lowest BCUT2D eigenvalue weighted by Crippen LogP contribution is -2.01. The molecule has 0 N–H and O–H groups in total. The number of rotatable bonds is 4. The van der Waals surface area contributed by atoms with Crippen LogP contribution in [0.15, 0.2) is 86.4 Å². The van der Waals surface area contributed by atoms with Gasteiger partial charge in [-0.1, -0.05) is 67.6 Å². The van der Waals surface area contributed by atoms with Crippen molar-refractivity contribution in [3.8, 4) is 11.1 Å². The van der Waals surface area contributed by atoms with E-state index in [0.717, 1.165) is 22.1 Å². The Balaban J connectivity index is 1.87. The van der Waals surface area contributed by atoms with Crippen molar-refractivity contribution >= 4 is 27.7 Å². The highest BCUT2D eigenvalue weighted by molar-refractivity contribution is 6.16. The molecule has 0 aliphatic carbocycles. The summed E-state index contributed by atoms with van der Waals surface area (Å²) in [5.41, 5.74) is 4.55. The fraction of sp³-hybridized carbons (Fsp3) is 0.111. The summed E-state index contributed by atoms with van der Waals surface area (Å²) in [5, 5.41) is 1.52. The van der Waals surface area contributed by atoms with Crippen molar-refractivity contribution in [1.82, 2.24) is 0 Å². The Hall–Kier alpha value is -3.92. The van der Waals surface area contributed by atoms with Crippen LogP contribution in [0.3, 0.4) is 0 Å². The van der Waals surface area contributed by atoms with E-state index in [9.17, 15) is 9.59 Å². The number of hydrogen-bond donors (Lipinski definition) is 0. The third-order valence-electron chi connectivity index (χ3n) is 5.69. The molecule has 0 bridgehead atoms. The summed E-state index contributed by atoms with van der Waals surface area (Å²) in [6.07, 6.45) is 0.714. The van der Waals surface area contributed by atoms with E-state index in [2.05, 4.69) is 0 Å². The molecule has 0 radical (unpaired) electrons. The Morgan fingerprint density at radius 2 is 1.55 bits per heavy atom. The zero-order chi connectivity index (χ0) is 21.5. The molecule has 2 aromatic heterocycles. The van der Waals surface area contributed by atoms with Gasteiger partial charge in [-0.15, -0.1) is 0 Å². The van der Waals surface area contributed by atoms with Crippen molar-refractivity contribution < 1.29 is 13.6 Å². The van der Waals surface area contributed by atoms with Gasteiger partial charge in [-0.25, -0.2) is 4.79 Å². The third-order valence-corrected chi connectivity index (χ3v) is 5.69. The monoisotopic (exact) mass is 408 g/mol. The number of carbonyl (C=O) groups excluding carboxylic acids is 1. The van der Waals surface area contributed by atoms with Crippen LogP contribution in [-0.4, -0.2) is 5.78 Å². The highest BCUT2D eigenvalue weighted by Crippen LogP contribution is 2.38. The van der Waals surface area contributed by atoms with Crippen molar-refractivity contribution in [3.63, 3.8) is 0 Å². The number of aryl methyl sites for hydroxylation is 2. The Morgan fingerprint density at radius 1 is 0.871 bits per heavy atom. The number of fused-ring (bicyclic) bond motifs is 3. The molecule has 0 amide bonds. The summed E-state index contributed by atoms with van der Waals surface area (Å²) in [7, 11) is 0. The minimum atomic E-state index is -0.437. The van der Waals surface area contributed by atoms with Crippen LogP contribution in [-0.2, 0) is 6.42 Å². The molecule has 0 aliphatic rings. The van der Waals surface area contributed by atoms with E-state index >= 15 is 0 Å². The van der Waals surface area contributed by atoms with Gasteiger partial charge in [0.2, 0.25) is 5.78 Å². The summed E-state index contributed by atoms with van der Waals surface area (Å²) in [4.78, 5) is 25.6. The maximum Gasteiger partial charge on any atom is 0.336 e. The van der Waals surface area contributed by atoms with Gasteiger partial charge >= 0.3 is 5.63 Å². The quantitative estimate of drug-likeness (QED) is 0.258. The van der Waals surface area contributed by atoms with Gasteiger partial charge in [0.25, 0.3) is 0 Å². The van der Waals surface area contributed by atoms with Crippen molar-refractivity contribution in [2.24, 2.45) is 0 Å². The first kappa shape index (κ1) is 19.1. The van der Waals surface area contributed by atoms with Crippen molar-refractivity contribution in [2.45, 2.75) is 20.3 Å². The Bertz CT molecular complexity index is 1490. The van der Waals surface area contributed by atoms with Gasteiger partial charge in [0.05, 0.1) is 5.39 Å². The molecule has 152 valence electrons. The Labute approximate surface area is 178 Å². The highest BCUT2D eigenvalue weighted by atomic mass is 16.4. The van der Waals surface area contributed by atoms with E-state index in [1.807, 2.05) is 68.4 Å². The summed E-state index contributed by atoms with van der Waals surface area (Å²) >= 11 is 0. The predicted octanol–water partition coefficient (Wildman–Crippen LogP) is 6.31. The Morgan fingerprint density at radius 3 is 2.23 bits per heavy atom. The first-order valence-corrected chi connectivity index (χ1v) is 10.3. The molecule has 4 nitrogen and oxygen atoms in total. The van der Waals surface area contributed by atoms with E-state index in [1.54, 1.807) is 12.1 Å². The molecule has 0 atom stereocenters. The standard InChI is InChI=1S/C27H20O4/c1-3-17-14-21-20(18-10-6-4-7-11-18)15-22(28)30-27(21)23-16(2)25(31-26(17)23)24(29)19-12-8-5-9-13-19/h4-15H,3H2,1-2H3. The molecule has 4 heteroatoms. The van der Waals surface area contributed by atoms with Crippen LogP contribution in [0.2, 0.25) is 0 Å². The molecular weight excluding hydrogens is 388 g/mol. The van der Waals surface area contributed by atoms with Crippen molar-refractivity contribution in [1.29, 1.82) is 0 Å². The molecule has 0 aliphatic heterocycles. The predicted molar refractivity (Wildman–Crippen MR) is 122 cm³/mol. The topological polar surface area (TPSA) is 60.4 Å². The lowest BCUT2D eigenvalue weighted by Gasteiger charge is -2.09. The normalized spacial score (nSPS) is 11.3. The summed E-state index contributed by atoms with van der Waals surface area (Å²) in [6, 6.07) is 22.3. The average molecular weight is 408 g/mol. The minimum absolute atomic E-state index is 0.189. The van der Waals surface area contributed by atoms with Crippen LogP contribution in [0.5, 0.6) is 0 Å². The maximum absolute atomic E-state index is 13.1. The first-order chi connectivity index (χ1) is 15.1. The van der Waals surface area contributed by atoms with E-state index < -0.39 is 5.63 Å². The van der Waals surface area contributed by atoms with Gasteiger partial charge < -0.3 is 8.83 Å².